The Bertz CT molecular complexity index is 1060. The molecule has 3 heterocycles. The van der Waals surface area contributed by atoms with Crippen molar-refractivity contribution in [2.24, 2.45) is 7.05 Å². The average molecular weight is 410 g/mol. The molecule has 1 unspecified atom stereocenters. The third-order valence-corrected chi connectivity index (χ3v) is 5.96. The number of amides is 1. The number of anilines is 1. The molecule has 0 radical (unpaired) electrons. The number of nitrogens with zero attached hydrogens (tertiary/aromatic N) is 5. The zero-order valence-electron chi connectivity index (χ0n) is 16.7. The molecule has 0 N–H and O–H groups in total. The molecule has 4 rings (SSSR count). The predicted octanol–water partition coefficient (Wildman–Crippen LogP) is 2.65. The zero-order valence-corrected chi connectivity index (χ0v) is 17.5. The molecule has 0 saturated heterocycles. The van der Waals surface area contributed by atoms with E-state index in [9.17, 15) is 9.90 Å². The van der Waals surface area contributed by atoms with E-state index >= 15 is 0 Å². The molecule has 3 aromatic rings. The standard InChI is InChI=1S/C21H23N5O2S/c1-4-5-13-29-21-22-19(28)18-15-9-6-7-10-16(15)25(14(2)27)20(26(18)23-21)17-11-8-12-24(17)3/h6-12,20H,4-5,13H2,1-3H3. The van der Waals surface area contributed by atoms with Crippen LogP contribution in [0.3, 0.4) is 0 Å². The fourth-order valence-electron chi connectivity index (χ4n) is 3.65. The van der Waals surface area contributed by atoms with Crippen LogP contribution >= 0.6 is 11.8 Å². The molecule has 1 atom stereocenters. The van der Waals surface area contributed by atoms with Crippen LogP contribution in [-0.4, -0.2) is 26.3 Å². The highest BCUT2D eigenvalue weighted by atomic mass is 32.2. The lowest BCUT2D eigenvalue weighted by molar-refractivity contribution is -0.764. The van der Waals surface area contributed by atoms with Crippen molar-refractivity contribution in [2.45, 2.75) is 38.0 Å². The van der Waals surface area contributed by atoms with Gasteiger partial charge in [-0.25, -0.2) is 9.88 Å². The molecule has 0 fully saturated rings. The number of benzene rings is 1. The summed E-state index contributed by atoms with van der Waals surface area (Å²) >= 11 is 1.47. The number of carbonyl (C=O) groups is 1. The van der Waals surface area contributed by atoms with E-state index in [0.717, 1.165) is 24.3 Å². The summed E-state index contributed by atoms with van der Waals surface area (Å²) in [6.07, 6.45) is 3.45. The highest BCUT2D eigenvalue weighted by Gasteiger charge is 2.44. The van der Waals surface area contributed by atoms with Crippen LogP contribution in [0.4, 0.5) is 5.69 Å². The van der Waals surface area contributed by atoms with Crippen LogP contribution in [0.25, 0.3) is 11.3 Å². The lowest BCUT2D eigenvalue weighted by Crippen LogP contribution is -2.59. The maximum Gasteiger partial charge on any atom is 0.307 e. The van der Waals surface area contributed by atoms with Gasteiger partial charge in [0.25, 0.3) is 10.9 Å². The Labute approximate surface area is 174 Å². The highest BCUT2D eigenvalue weighted by Crippen LogP contribution is 2.40. The number of fused-ring (bicyclic) bond motifs is 3. The first-order valence-corrected chi connectivity index (χ1v) is 10.7. The monoisotopic (exact) mass is 409 g/mol. The molecule has 7 nitrogen and oxygen atoms in total. The van der Waals surface area contributed by atoms with Crippen molar-refractivity contribution in [2.75, 3.05) is 10.7 Å². The largest absolute Gasteiger partial charge is 0.854 e. The molecule has 29 heavy (non-hydrogen) atoms. The van der Waals surface area contributed by atoms with Crippen LogP contribution in [-0.2, 0) is 11.8 Å². The van der Waals surface area contributed by atoms with Crippen LogP contribution in [0.1, 0.15) is 38.5 Å². The molecule has 0 bridgehead atoms. The smallest absolute Gasteiger partial charge is 0.307 e. The third-order valence-electron chi connectivity index (χ3n) is 5.03. The predicted molar refractivity (Wildman–Crippen MR) is 109 cm³/mol. The van der Waals surface area contributed by atoms with Gasteiger partial charge in [0.2, 0.25) is 5.91 Å². The highest BCUT2D eigenvalue weighted by molar-refractivity contribution is 7.99. The normalized spacial score (nSPS) is 15.1. The van der Waals surface area contributed by atoms with Gasteiger partial charge < -0.3 is 9.67 Å². The Morgan fingerprint density at radius 2 is 2.07 bits per heavy atom. The number of unbranched alkanes of at least 4 members (excludes halogenated alkanes) is 1. The number of aryl methyl sites for hydroxylation is 1. The third kappa shape index (κ3) is 3.37. The molecule has 1 aromatic carbocycles. The van der Waals surface area contributed by atoms with Gasteiger partial charge in [-0.3, -0.25) is 4.79 Å². The molecule has 0 spiro atoms. The van der Waals surface area contributed by atoms with E-state index in [4.69, 9.17) is 5.10 Å². The van der Waals surface area contributed by atoms with Crippen LogP contribution in [0.2, 0.25) is 0 Å². The Balaban J connectivity index is 1.96. The first-order chi connectivity index (χ1) is 14.0. The van der Waals surface area contributed by atoms with Gasteiger partial charge in [-0.1, -0.05) is 41.9 Å². The van der Waals surface area contributed by atoms with Crippen LogP contribution in [0, 0.1) is 0 Å². The van der Waals surface area contributed by atoms with Crippen LogP contribution in [0.5, 0.6) is 5.88 Å². The molecule has 8 heteroatoms. The van der Waals surface area contributed by atoms with E-state index in [0.29, 0.717) is 22.1 Å². The Hall–Kier alpha value is -2.87. The number of rotatable bonds is 5. The zero-order chi connectivity index (χ0) is 20.5. The van der Waals surface area contributed by atoms with E-state index in [2.05, 4.69) is 11.9 Å². The van der Waals surface area contributed by atoms with Crippen molar-refractivity contribution < 1.29 is 14.6 Å². The van der Waals surface area contributed by atoms with Crippen molar-refractivity contribution in [1.29, 1.82) is 0 Å². The fourth-order valence-corrected chi connectivity index (χ4v) is 4.56. The van der Waals surface area contributed by atoms with E-state index in [-0.39, 0.29) is 11.8 Å². The van der Waals surface area contributed by atoms with Crippen molar-refractivity contribution >= 4 is 23.4 Å². The summed E-state index contributed by atoms with van der Waals surface area (Å²) in [5.41, 5.74) is 2.63. The number of hydrogen-bond donors (Lipinski definition) is 0. The summed E-state index contributed by atoms with van der Waals surface area (Å²) < 4.78 is 3.62. The Morgan fingerprint density at radius 3 is 2.76 bits per heavy atom. The van der Waals surface area contributed by atoms with Crippen molar-refractivity contribution in [1.82, 2.24) is 14.6 Å². The van der Waals surface area contributed by atoms with E-state index in [1.807, 2.05) is 54.2 Å². The summed E-state index contributed by atoms with van der Waals surface area (Å²) in [4.78, 5) is 18.7. The quantitative estimate of drug-likeness (QED) is 0.368. The lowest BCUT2D eigenvalue weighted by atomic mass is 10.0. The second-order valence-corrected chi connectivity index (χ2v) is 8.08. The van der Waals surface area contributed by atoms with E-state index in [1.165, 1.54) is 18.7 Å². The van der Waals surface area contributed by atoms with Crippen LogP contribution < -0.4 is 14.7 Å². The van der Waals surface area contributed by atoms with Crippen LogP contribution in [0.15, 0.2) is 47.8 Å². The molecule has 150 valence electrons. The van der Waals surface area contributed by atoms with E-state index in [1.54, 1.807) is 9.58 Å². The summed E-state index contributed by atoms with van der Waals surface area (Å²) in [7, 11) is 1.92. The van der Waals surface area contributed by atoms with Gasteiger partial charge in [0.05, 0.1) is 17.1 Å². The minimum absolute atomic E-state index is 0.118. The van der Waals surface area contributed by atoms with E-state index < -0.39 is 6.17 Å². The summed E-state index contributed by atoms with van der Waals surface area (Å²) in [6.45, 7) is 3.66. The molecular weight excluding hydrogens is 386 g/mol. The fraction of sp³-hybridized carbons (Fsp3) is 0.333. The van der Waals surface area contributed by atoms with Crippen molar-refractivity contribution in [3.63, 3.8) is 0 Å². The molecular formula is C21H23N5O2S. The lowest BCUT2D eigenvalue weighted by Gasteiger charge is -2.32. The average Bonchev–Trinajstić information content (AvgIpc) is 3.12. The maximum atomic E-state index is 13.1. The second kappa shape index (κ2) is 7.87. The second-order valence-electron chi connectivity index (χ2n) is 7.02. The van der Waals surface area contributed by atoms with Gasteiger partial charge in [-0.05, 0) is 30.7 Å². The van der Waals surface area contributed by atoms with Gasteiger partial charge >= 0.3 is 6.17 Å². The first kappa shape index (κ1) is 19.4. The van der Waals surface area contributed by atoms with Gasteiger partial charge in [-0.2, -0.15) is 0 Å². The SMILES string of the molecule is CCCCSc1nc([O-])c2[n+](n1)C(c1cccn1C)N(C(C)=O)c1ccccc1-2. The maximum absolute atomic E-state index is 13.1. The first-order valence-electron chi connectivity index (χ1n) is 9.67. The molecule has 0 aliphatic carbocycles. The topological polar surface area (TPSA) is 78.0 Å². The molecule has 2 aromatic heterocycles. The van der Waals surface area contributed by atoms with Gasteiger partial charge in [0.15, 0.2) is 0 Å². The number of hydrogen-bond acceptors (Lipinski definition) is 5. The number of carbonyl (C=O) groups excluding carboxylic acids is 1. The number of thioether (sulfide) groups is 1. The van der Waals surface area contributed by atoms with Gasteiger partial charge in [-0.15, -0.1) is 0 Å². The molecule has 1 aliphatic heterocycles. The summed E-state index contributed by atoms with van der Waals surface area (Å²) in [5.74, 6) is 0.402. The number of para-hydroxylation sites is 1. The van der Waals surface area contributed by atoms with Gasteiger partial charge in [0.1, 0.15) is 5.69 Å². The molecule has 1 amide bonds. The van der Waals surface area contributed by atoms with Crippen molar-refractivity contribution in [3.8, 4) is 17.1 Å². The minimum Gasteiger partial charge on any atom is -0.854 e. The molecule has 0 saturated carbocycles. The Kier molecular flexibility index (Phi) is 5.27. The summed E-state index contributed by atoms with van der Waals surface area (Å²) in [6, 6.07) is 11.3. The minimum atomic E-state index is -0.557. The number of aromatic nitrogens is 4. The summed E-state index contributed by atoms with van der Waals surface area (Å²) in [5, 5.41) is 18.2. The molecule has 1 aliphatic rings. The Morgan fingerprint density at radius 1 is 1.28 bits per heavy atom. The van der Waals surface area contributed by atoms with Crippen molar-refractivity contribution in [3.05, 3.63) is 48.3 Å². The van der Waals surface area contributed by atoms with Gasteiger partial charge in [0, 0.05) is 31.0 Å².